The molecule has 4 aliphatic heterocycles. The van der Waals surface area contributed by atoms with Crippen LogP contribution < -0.4 is 14.4 Å². The van der Waals surface area contributed by atoms with Gasteiger partial charge in [-0.15, -0.1) is 0 Å². The Morgan fingerprint density at radius 2 is 1.68 bits per heavy atom. The summed E-state index contributed by atoms with van der Waals surface area (Å²) < 4.78 is 57.5. The van der Waals surface area contributed by atoms with E-state index in [4.69, 9.17) is 43.5 Å². The van der Waals surface area contributed by atoms with Gasteiger partial charge < -0.3 is 38.2 Å². The number of hydrogen-bond donors (Lipinski definition) is 0. The maximum Gasteiger partial charge on any atom is 0.410 e. The van der Waals surface area contributed by atoms with Gasteiger partial charge in [-0.1, -0.05) is 38.1 Å². The topological polar surface area (TPSA) is 157 Å². The SMILES string of the molecule is CCOC(=O)C(C(C)C)n1cc(-c2ccc(COc3c(-c4c(C)c(F)cc5c4cnn5C4CCCCO4)c(C4CC4)cc4c(N5C[C@@H]6C[C@H]5CN6C(=O)OC(C)(C)C)nc(OC5CCOCC5)nc34)cc2)cn1. The standard InChI is InChI=1S/C56H67FN8O8/c1-8-69-53(66)50(32(2)3)64-28-37(26-58-64)35-14-12-34(13-15-35)31-71-51-48(47-33(4)44(57)25-45-43(47)27-59-65(45)46-11-9-10-20-70-46)41(36-16-17-36)24-42-49(51)60-54(72-40-18-21-68-22-19-40)61-52(42)62-29-39-23-38(62)30-63(39)55(67)73-56(5,6)7/h12-15,24-28,32,36,38-40,46,50H,8-11,16-23,29-31H2,1-7H3/t38-,39-,46?,50?/m0/s1. The molecule has 6 aromatic rings. The van der Waals surface area contributed by atoms with Crippen LogP contribution in [-0.2, 0) is 30.3 Å². The van der Waals surface area contributed by atoms with Crippen molar-refractivity contribution in [2.75, 3.05) is 44.4 Å². The molecule has 2 bridgehead atoms. The second kappa shape index (κ2) is 19.8. The number of nitrogens with zero attached hydrogens (tertiary/aromatic N) is 8. The first-order valence-corrected chi connectivity index (χ1v) is 26.3. The molecule has 0 N–H and O–H groups in total. The van der Waals surface area contributed by atoms with E-state index in [1.807, 2.05) is 87.8 Å². The summed E-state index contributed by atoms with van der Waals surface area (Å²) >= 11 is 0. The molecule has 1 aliphatic carbocycles. The Kier molecular flexibility index (Phi) is 13.3. The zero-order chi connectivity index (χ0) is 50.7. The van der Waals surface area contributed by atoms with Gasteiger partial charge in [0, 0.05) is 72.3 Å². The molecule has 5 aliphatic rings. The van der Waals surface area contributed by atoms with E-state index in [0.29, 0.717) is 80.3 Å². The predicted octanol–water partition coefficient (Wildman–Crippen LogP) is 10.6. The first kappa shape index (κ1) is 48.9. The average molecular weight is 999 g/mol. The molecule has 5 fully saturated rings. The van der Waals surface area contributed by atoms with Crippen LogP contribution in [0.1, 0.15) is 128 Å². The number of ether oxygens (including phenoxy) is 6. The minimum Gasteiger partial charge on any atom is -0.486 e. The molecule has 17 heteroatoms. The molecule has 4 saturated heterocycles. The van der Waals surface area contributed by atoms with Gasteiger partial charge in [0.25, 0.3) is 0 Å². The van der Waals surface area contributed by atoms with Crippen LogP contribution in [0.4, 0.5) is 15.0 Å². The van der Waals surface area contributed by atoms with Crippen molar-refractivity contribution in [3.8, 4) is 34.0 Å². The van der Waals surface area contributed by atoms with Gasteiger partial charge in [0.1, 0.15) is 35.5 Å². The van der Waals surface area contributed by atoms with E-state index in [0.717, 1.165) is 82.9 Å². The molecular weight excluding hydrogens is 932 g/mol. The Bertz CT molecular complexity index is 3020. The lowest BCUT2D eigenvalue weighted by Gasteiger charge is -2.36. The molecule has 1 amide bonds. The summed E-state index contributed by atoms with van der Waals surface area (Å²) in [5.74, 6) is 0.738. The Morgan fingerprint density at radius 1 is 0.890 bits per heavy atom. The van der Waals surface area contributed by atoms with E-state index in [9.17, 15) is 9.59 Å². The Balaban J connectivity index is 1.04. The number of benzene rings is 3. The molecule has 386 valence electrons. The highest BCUT2D eigenvalue weighted by molar-refractivity contribution is 6.06. The number of halogens is 1. The van der Waals surface area contributed by atoms with Gasteiger partial charge in [0.05, 0.1) is 49.8 Å². The van der Waals surface area contributed by atoms with Crippen LogP contribution in [0.2, 0.25) is 0 Å². The number of aromatic nitrogens is 6. The van der Waals surface area contributed by atoms with Crippen LogP contribution in [-0.4, -0.2) is 110 Å². The molecule has 3 aromatic carbocycles. The van der Waals surface area contributed by atoms with Crippen molar-refractivity contribution in [2.24, 2.45) is 5.92 Å². The van der Waals surface area contributed by atoms with E-state index in [1.165, 1.54) is 0 Å². The summed E-state index contributed by atoms with van der Waals surface area (Å²) in [7, 11) is 0. The van der Waals surface area contributed by atoms with E-state index in [1.54, 1.807) is 23.9 Å². The first-order valence-electron chi connectivity index (χ1n) is 26.3. The van der Waals surface area contributed by atoms with Gasteiger partial charge in [-0.05, 0) is 113 Å². The maximum atomic E-state index is 16.8. The molecule has 16 nitrogen and oxygen atoms in total. The number of piperazine rings is 1. The second-order valence-electron chi connectivity index (χ2n) is 21.8. The third-order valence-corrected chi connectivity index (χ3v) is 15.0. The van der Waals surface area contributed by atoms with Crippen molar-refractivity contribution in [2.45, 2.75) is 148 Å². The fourth-order valence-electron chi connectivity index (χ4n) is 11.2. The van der Waals surface area contributed by atoms with E-state index >= 15 is 4.39 Å². The van der Waals surface area contributed by atoms with Crippen molar-refractivity contribution in [3.05, 3.63) is 77.5 Å². The molecule has 73 heavy (non-hydrogen) atoms. The number of esters is 1. The van der Waals surface area contributed by atoms with Gasteiger partial charge in [0.15, 0.2) is 18.0 Å². The third-order valence-electron chi connectivity index (χ3n) is 15.0. The summed E-state index contributed by atoms with van der Waals surface area (Å²) in [5.41, 5.74) is 6.32. The molecule has 3 aromatic heterocycles. The third kappa shape index (κ3) is 9.70. The fourth-order valence-corrected chi connectivity index (χ4v) is 11.2. The molecular formula is C56H67FN8O8. The first-order chi connectivity index (χ1) is 35.2. The number of hydrogen-bond acceptors (Lipinski definition) is 13. The lowest BCUT2D eigenvalue weighted by molar-refractivity contribution is -0.149. The second-order valence-corrected chi connectivity index (χ2v) is 21.8. The number of carbonyl (C=O) groups excluding carboxylic acids is 2. The summed E-state index contributed by atoms with van der Waals surface area (Å²) in [4.78, 5) is 41.1. The van der Waals surface area contributed by atoms with Gasteiger partial charge >= 0.3 is 18.1 Å². The highest BCUT2D eigenvalue weighted by atomic mass is 19.1. The van der Waals surface area contributed by atoms with Crippen molar-refractivity contribution < 1.29 is 42.4 Å². The maximum absolute atomic E-state index is 16.8. The minimum absolute atomic E-state index is 0.0223. The summed E-state index contributed by atoms with van der Waals surface area (Å²) in [6.45, 7) is 16.6. The van der Waals surface area contributed by atoms with Crippen LogP contribution in [0.15, 0.2) is 55.0 Å². The van der Waals surface area contributed by atoms with Crippen molar-refractivity contribution in [1.29, 1.82) is 0 Å². The van der Waals surface area contributed by atoms with Crippen molar-refractivity contribution >= 4 is 39.7 Å². The highest BCUT2D eigenvalue weighted by Crippen LogP contribution is 2.54. The summed E-state index contributed by atoms with van der Waals surface area (Å²) in [5, 5.41) is 11.1. The van der Waals surface area contributed by atoms with Gasteiger partial charge in [0.2, 0.25) is 0 Å². The Morgan fingerprint density at radius 3 is 2.37 bits per heavy atom. The Hall–Kier alpha value is -6.33. The lowest BCUT2D eigenvalue weighted by atomic mass is 9.88. The summed E-state index contributed by atoms with van der Waals surface area (Å²) in [6.07, 6.45) is 11.6. The van der Waals surface area contributed by atoms with Gasteiger partial charge in [-0.3, -0.25) is 4.68 Å². The smallest absolute Gasteiger partial charge is 0.410 e. The van der Waals surface area contributed by atoms with E-state index in [-0.39, 0.29) is 66.7 Å². The zero-order valence-corrected chi connectivity index (χ0v) is 43.1. The zero-order valence-electron chi connectivity index (χ0n) is 43.1. The molecule has 2 unspecified atom stereocenters. The molecule has 0 radical (unpaired) electrons. The summed E-state index contributed by atoms with van der Waals surface area (Å²) in [6, 6.07) is 11.5. The van der Waals surface area contributed by atoms with Crippen LogP contribution in [0.5, 0.6) is 11.8 Å². The van der Waals surface area contributed by atoms with Crippen LogP contribution in [0, 0.1) is 18.7 Å². The van der Waals surface area contributed by atoms with Crippen molar-refractivity contribution in [3.63, 3.8) is 0 Å². The normalized spacial score (nSPS) is 20.9. The number of likely N-dealkylation sites (tertiary alicyclic amines) is 1. The molecule has 4 atom stereocenters. The largest absolute Gasteiger partial charge is 0.486 e. The van der Waals surface area contributed by atoms with E-state index in [2.05, 4.69) is 16.1 Å². The van der Waals surface area contributed by atoms with Gasteiger partial charge in [-0.2, -0.15) is 20.2 Å². The van der Waals surface area contributed by atoms with Crippen LogP contribution >= 0.6 is 0 Å². The number of rotatable bonds is 14. The molecule has 7 heterocycles. The van der Waals surface area contributed by atoms with Crippen LogP contribution in [0.3, 0.4) is 0 Å². The van der Waals surface area contributed by atoms with Gasteiger partial charge in [-0.25, -0.2) is 18.7 Å². The lowest BCUT2D eigenvalue weighted by Crippen LogP contribution is -2.50. The number of amides is 1. The molecule has 1 saturated carbocycles. The minimum atomic E-state index is -0.616. The average Bonchev–Trinajstić information content (AvgIpc) is 3.64. The van der Waals surface area contributed by atoms with Crippen molar-refractivity contribution in [1.82, 2.24) is 34.4 Å². The van der Waals surface area contributed by atoms with Crippen LogP contribution in [0.25, 0.3) is 44.1 Å². The number of anilines is 1. The number of carbonyl (C=O) groups is 2. The molecule has 0 spiro atoms. The number of fused-ring (bicyclic) bond motifs is 4. The van der Waals surface area contributed by atoms with E-state index < -0.39 is 11.6 Å². The Labute approximate surface area is 425 Å². The monoisotopic (exact) mass is 999 g/mol. The predicted molar refractivity (Wildman–Crippen MR) is 273 cm³/mol. The quantitative estimate of drug-likeness (QED) is 0.0951. The highest BCUT2D eigenvalue weighted by Gasteiger charge is 2.48. The fraction of sp³-hybridized carbons (Fsp3) is 0.536. The molecule has 11 rings (SSSR count).